The highest BCUT2D eigenvalue weighted by atomic mass is 31.2. The molecule has 17 nitrogen and oxygen atoms in total. The van der Waals surface area contributed by atoms with Crippen molar-refractivity contribution in [1.29, 1.82) is 0 Å². The van der Waals surface area contributed by atoms with E-state index in [0.717, 1.165) is 114 Å². The topological polar surface area (TPSA) is 237 Å². The van der Waals surface area contributed by atoms with Crippen LogP contribution in [0.5, 0.6) is 0 Å². The molecule has 0 heterocycles. The van der Waals surface area contributed by atoms with Crippen LogP contribution in [0, 0.1) is 17.8 Å². The predicted molar refractivity (Wildman–Crippen MR) is 358 cm³/mol. The first-order valence-electron chi connectivity index (χ1n) is 36.3. The van der Waals surface area contributed by atoms with Gasteiger partial charge in [-0.15, -0.1) is 0 Å². The van der Waals surface area contributed by atoms with Gasteiger partial charge in [0.2, 0.25) is 0 Å². The van der Waals surface area contributed by atoms with Crippen LogP contribution in [-0.4, -0.2) is 96.7 Å². The van der Waals surface area contributed by atoms with Gasteiger partial charge < -0.3 is 33.8 Å². The highest BCUT2D eigenvalue weighted by Gasteiger charge is 2.30. The normalized spacial score (nSPS) is 14.2. The van der Waals surface area contributed by atoms with Gasteiger partial charge >= 0.3 is 39.5 Å². The number of hydrogen-bond donors (Lipinski definition) is 3. The second kappa shape index (κ2) is 61.0. The van der Waals surface area contributed by atoms with Crippen molar-refractivity contribution in [2.45, 2.75) is 369 Å². The lowest BCUT2D eigenvalue weighted by Crippen LogP contribution is -2.30. The van der Waals surface area contributed by atoms with E-state index in [1.165, 1.54) is 154 Å². The number of rotatable bonds is 68. The maximum Gasteiger partial charge on any atom is 0.472 e. The molecule has 0 aromatic rings. The van der Waals surface area contributed by atoms with Gasteiger partial charge in [-0.25, -0.2) is 9.13 Å². The first-order chi connectivity index (χ1) is 42.7. The molecule has 0 aromatic heterocycles. The van der Waals surface area contributed by atoms with Gasteiger partial charge in [-0.3, -0.25) is 37.3 Å². The lowest BCUT2D eigenvalue weighted by atomic mass is 10.0. The SMILES string of the molecule is CCCCCCCCCCC(=O)OC[C@H](COP(=O)(O)OC[C@H](O)COP(=O)(O)OC[C@@H](COC(=O)CCCCCCCCCCCCC(C)C)OC(=O)CCCCCCCCCCCCCCCCC(C)C)OC(=O)CCCCCCCCCCC(C)C. The number of ether oxygens (including phenoxy) is 4. The molecule has 89 heavy (non-hydrogen) atoms. The van der Waals surface area contributed by atoms with Crippen LogP contribution in [0.25, 0.3) is 0 Å². The Balaban J connectivity index is 5.22. The Morgan fingerprint density at radius 1 is 0.303 bits per heavy atom. The number of unbranched alkanes of at least 4 members (excludes halogenated alkanes) is 36. The van der Waals surface area contributed by atoms with Crippen molar-refractivity contribution in [3.05, 3.63) is 0 Å². The maximum absolute atomic E-state index is 13.0. The van der Waals surface area contributed by atoms with E-state index in [-0.39, 0.29) is 25.7 Å². The average molecular weight is 1310 g/mol. The Labute approximate surface area is 543 Å². The Morgan fingerprint density at radius 3 is 0.764 bits per heavy atom. The molecule has 2 unspecified atom stereocenters. The van der Waals surface area contributed by atoms with Gasteiger partial charge in [-0.2, -0.15) is 0 Å². The molecule has 0 radical (unpaired) electrons. The second-order valence-electron chi connectivity index (χ2n) is 26.7. The fraction of sp³-hybridized carbons (Fsp3) is 0.943. The smallest absolute Gasteiger partial charge is 0.462 e. The van der Waals surface area contributed by atoms with Gasteiger partial charge in [0, 0.05) is 25.7 Å². The van der Waals surface area contributed by atoms with Crippen LogP contribution in [0.2, 0.25) is 0 Å². The van der Waals surface area contributed by atoms with Crippen molar-refractivity contribution in [1.82, 2.24) is 0 Å². The van der Waals surface area contributed by atoms with Crippen molar-refractivity contribution >= 4 is 39.5 Å². The largest absolute Gasteiger partial charge is 0.472 e. The van der Waals surface area contributed by atoms with E-state index in [9.17, 15) is 43.2 Å². The molecule has 0 rings (SSSR count). The van der Waals surface area contributed by atoms with Crippen LogP contribution in [0.4, 0.5) is 0 Å². The minimum Gasteiger partial charge on any atom is -0.462 e. The molecule has 19 heteroatoms. The van der Waals surface area contributed by atoms with Gasteiger partial charge in [-0.05, 0) is 43.4 Å². The Hall–Kier alpha value is -1.94. The first-order valence-corrected chi connectivity index (χ1v) is 39.3. The maximum atomic E-state index is 13.0. The molecule has 0 amide bonds. The van der Waals surface area contributed by atoms with Gasteiger partial charge in [0.05, 0.1) is 26.4 Å². The summed E-state index contributed by atoms with van der Waals surface area (Å²) in [5.41, 5.74) is 0. The number of carbonyl (C=O) groups is 4. The van der Waals surface area contributed by atoms with E-state index in [1.807, 2.05) is 0 Å². The van der Waals surface area contributed by atoms with Crippen molar-refractivity contribution in [3.8, 4) is 0 Å². The molecule has 0 saturated carbocycles. The minimum atomic E-state index is -4.95. The third-order valence-electron chi connectivity index (χ3n) is 16.1. The number of esters is 4. The van der Waals surface area contributed by atoms with Crippen molar-refractivity contribution < 1.29 is 80.2 Å². The van der Waals surface area contributed by atoms with E-state index >= 15 is 0 Å². The predicted octanol–water partition coefficient (Wildman–Crippen LogP) is 19.8. The molecule has 0 aliphatic rings. The lowest BCUT2D eigenvalue weighted by Gasteiger charge is -2.21. The first kappa shape index (κ1) is 87.1. The average Bonchev–Trinajstić information content (AvgIpc) is 3.70. The quantitative estimate of drug-likeness (QED) is 0.0222. The van der Waals surface area contributed by atoms with Crippen LogP contribution in [0.3, 0.4) is 0 Å². The summed E-state index contributed by atoms with van der Waals surface area (Å²) < 4.78 is 68.2. The summed E-state index contributed by atoms with van der Waals surface area (Å²) in [5, 5.41) is 10.6. The summed E-state index contributed by atoms with van der Waals surface area (Å²) in [6.07, 6.45) is 44.5. The molecule has 0 bridgehead atoms. The number of aliphatic hydroxyl groups excluding tert-OH is 1. The van der Waals surface area contributed by atoms with Crippen LogP contribution in [0.1, 0.15) is 350 Å². The van der Waals surface area contributed by atoms with E-state index in [2.05, 4.69) is 48.5 Å². The fourth-order valence-corrected chi connectivity index (χ4v) is 12.1. The molecule has 0 aromatic carbocycles. The van der Waals surface area contributed by atoms with E-state index in [4.69, 9.17) is 37.0 Å². The number of phosphoric acid groups is 2. The van der Waals surface area contributed by atoms with Crippen molar-refractivity contribution in [2.24, 2.45) is 17.8 Å². The zero-order chi connectivity index (χ0) is 65.9. The summed E-state index contributed by atoms with van der Waals surface area (Å²) in [6, 6.07) is 0. The Kier molecular flexibility index (Phi) is 59.6. The second-order valence-corrected chi connectivity index (χ2v) is 29.6. The molecule has 0 aliphatic carbocycles. The lowest BCUT2D eigenvalue weighted by molar-refractivity contribution is -0.161. The van der Waals surface area contributed by atoms with Crippen molar-refractivity contribution in [3.63, 3.8) is 0 Å². The number of phosphoric ester groups is 2. The van der Waals surface area contributed by atoms with E-state index in [0.29, 0.717) is 25.7 Å². The zero-order valence-electron chi connectivity index (χ0n) is 57.9. The number of carbonyl (C=O) groups excluding carboxylic acids is 4. The zero-order valence-corrected chi connectivity index (χ0v) is 59.7. The highest BCUT2D eigenvalue weighted by molar-refractivity contribution is 7.47. The Morgan fingerprint density at radius 2 is 0.517 bits per heavy atom. The molecule has 0 fully saturated rings. The summed E-state index contributed by atoms with van der Waals surface area (Å²) >= 11 is 0. The molecule has 0 aliphatic heterocycles. The number of hydrogen-bond acceptors (Lipinski definition) is 15. The van der Waals surface area contributed by atoms with Gasteiger partial charge in [0.15, 0.2) is 12.2 Å². The summed E-state index contributed by atoms with van der Waals surface area (Å²) in [7, 11) is -9.90. The molecular formula is C70H136O17P2. The van der Waals surface area contributed by atoms with Crippen LogP contribution in [-0.2, 0) is 65.4 Å². The summed E-state index contributed by atoms with van der Waals surface area (Å²) in [4.78, 5) is 72.4. The summed E-state index contributed by atoms with van der Waals surface area (Å²) in [6.45, 7) is 11.8. The fourth-order valence-electron chi connectivity index (χ4n) is 10.5. The van der Waals surface area contributed by atoms with E-state index in [1.54, 1.807) is 0 Å². The van der Waals surface area contributed by atoms with Crippen LogP contribution >= 0.6 is 15.6 Å². The number of aliphatic hydroxyl groups is 1. The summed E-state index contributed by atoms with van der Waals surface area (Å²) in [5.74, 6) is 0.142. The molecule has 0 spiro atoms. The molecule has 5 atom stereocenters. The third-order valence-corrected chi connectivity index (χ3v) is 18.0. The molecule has 3 N–H and O–H groups in total. The monoisotopic (exact) mass is 1310 g/mol. The Bertz CT molecular complexity index is 1750. The minimum absolute atomic E-state index is 0.104. The molecule has 528 valence electrons. The van der Waals surface area contributed by atoms with Crippen LogP contribution < -0.4 is 0 Å². The standard InChI is InChI=1S/C70H136O17P2/c1-8-9-10-11-12-30-37-44-51-67(72)80-57-65(87-70(75)54-47-40-33-26-25-29-36-43-50-63(6)7)59-84-88(76,77)82-55-64(71)56-83-89(78,79)85-60-66(58-81-68(73)52-45-38-31-23-20-19-22-28-35-42-49-62(4)5)86-69(74)53-46-39-32-24-18-16-14-13-15-17-21-27-34-41-48-61(2)3/h61-66,71H,8-60H2,1-7H3,(H,76,77)(H,78,79)/t64-,65+,66+/m0/s1. The van der Waals surface area contributed by atoms with Gasteiger partial charge in [0.25, 0.3) is 0 Å². The van der Waals surface area contributed by atoms with Crippen molar-refractivity contribution in [2.75, 3.05) is 39.6 Å². The third kappa shape index (κ3) is 64.6. The van der Waals surface area contributed by atoms with Gasteiger partial charge in [-0.1, -0.05) is 299 Å². The van der Waals surface area contributed by atoms with Crippen LogP contribution in [0.15, 0.2) is 0 Å². The molecule has 0 saturated heterocycles. The van der Waals surface area contributed by atoms with Gasteiger partial charge in [0.1, 0.15) is 19.3 Å². The highest BCUT2D eigenvalue weighted by Crippen LogP contribution is 2.45. The van der Waals surface area contributed by atoms with E-state index < -0.39 is 97.5 Å². The molecular weight excluding hydrogens is 1170 g/mol.